The molecule has 9 atom stereocenters. The van der Waals surface area contributed by atoms with E-state index in [1.54, 1.807) is 26.0 Å². The number of rotatable bonds is 11. The minimum atomic E-state index is -0.429. The van der Waals surface area contributed by atoms with Gasteiger partial charge in [-0.1, -0.05) is 147 Å². The van der Waals surface area contributed by atoms with Crippen LogP contribution in [0.4, 0.5) is 0 Å². The number of benzene rings is 3. The lowest BCUT2D eigenvalue weighted by Gasteiger charge is -2.44. The Balaban J connectivity index is 0.000000160. The van der Waals surface area contributed by atoms with Crippen LogP contribution < -0.4 is 0 Å². The van der Waals surface area contributed by atoms with Crippen LogP contribution in [0.1, 0.15) is 82.4 Å². The highest BCUT2D eigenvalue weighted by Crippen LogP contribution is 2.58. The number of carbonyl (C=O) groups is 10. The zero-order valence-corrected chi connectivity index (χ0v) is 46.7. The van der Waals surface area contributed by atoms with Crippen LogP contribution in [0.15, 0.2) is 182 Å². The van der Waals surface area contributed by atoms with E-state index in [0.29, 0.717) is 52.0 Å². The van der Waals surface area contributed by atoms with Gasteiger partial charge in [0.05, 0.1) is 35.5 Å². The zero-order valence-electron chi connectivity index (χ0n) is 46.7. The van der Waals surface area contributed by atoms with Crippen LogP contribution in [0, 0.1) is 41.4 Å². The fourth-order valence-electron chi connectivity index (χ4n) is 12.4. The summed E-state index contributed by atoms with van der Waals surface area (Å²) in [7, 11) is 0. The molecule has 0 unspecified atom stereocenters. The molecule has 10 amide bonds. The van der Waals surface area contributed by atoms with Gasteiger partial charge in [-0.3, -0.25) is 72.4 Å². The van der Waals surface area contributed by atoms with Gasteiger partial charge < -0.3 is 0 Å². The van der Waals surface area contributed by atoms with E-state index in [9.17, 15) is 47.9 Å². The van der Waals surface area contributed by atoms with Crippen LogP contribution in [0.25, 0.3) is 6.08 Å². The highest BCUT2D eigenvalue weighted by Gasteiger charge is 2.61. The fourth-order valence-corrected chi connectivity index (χ4v) is 12.4. The quantitative estimate of drug-likeness (QED) is 0.102. The summed E-state index contributed by atoms with van der Waals surface area (Å²) in [6.07, 6.45) is 18.4. The summed E-state index contributed by atoms with van der Waals surface area (Å²) >= 11 is 0. The highest BCUT2D eigenvalue weighted by atomic mass is 16.2. The molecule has 8 aliphatic rings. The summed E-state index contributed by atoms with van der Waals surface area (Å²) in [6.45, 7) is 22.4. The summed E-state index contributed by atoms with van der Waals surface area (Å²) < 4.78 is 0. The molecule has 3 saturated heterocycles. The standard InChI is InChI=1S/C24H26N2O4.C18H19NO2.C12H12.2C6H7NO2/c1-3-25-21(27)15-11-10-14-16(19(15)23(25)29)12-17-20(24(30)26(4-2)22(17)28)18(14)13-8-6-5-7-9-13;1-3-12-10-11-14-16(18(21)19(4-2)17(14)20)15(12)13-8-6-5-7-9-13;1-3-11(4-2)10-12-8-6-5-7-9-12;2*1-2-7-5(8)3-4-6(7)9/h5-10,15-20H,3-4,11-12H2,1-2H3;3,5-10,14-16H,1,4,11H2,2H3;3-10H,1-2H2;2*3-4H,2H2,1H3/t15-,16+,17+,18-,19-,20+;14-,15-,16-;;;/m01.../s1. The van der Waals surface area contributed by atoms with E-state index < -0.39 is 17.8 Å². The van der Waals surface area contributed by atoms with Crippen molar-refractivity contribution in [3.63, 3.8) is 0 Å². The molecule has 15 nitrogen and oxygen atoms in total. The molecular formula is C66H71N5O10. The Kier molecular flexibility index (Phi) is 19.9. The van der Waals surface area contributed by atoms with Crippen molar-refractivity contribution in [2.24, 2.45) is 41.4 Å². The zero-order chi connectivity index (χ0) is 58.7. The Labute approximate surface area is 474 Å². The monoisotopic (exact) mass is 1090 g/mol. The van der Waals surface area contributed by atoms with E-state index in [2.05, 4.69) is 31.9 Å². The maximum Gasteiger partial charge on any atom is 0.253 e. The summed E-state index contributed by atoms with van der Waals surface area (Å²) in [5, 5.41) is 0. The van der Waals surface area contributed by atoms with Gasteiger partial charge in [0.1, 0.15) is 0 Å². The second-order valence-corrected chi connectivity index (χ2v) is 20.3. The van der Waals surface area contributed by atoms with E-state index >= 15 is 0 Å². The number of likely N-dealkylation sites (N-methyl/N-ethyl adjacent to an activating group) is 2. The molecule has 0 radical (unpaired) electrons. The van der Waals surface area contributed by atoms with Crippen molar-refractivity contribution < 1.29 is 47.9 Å². The first-order valence-corrected chi connectivity index (χ1v) is 27.8. The number of imide groups is 5. The van der Waals surface area contributed by atoms with E-state index in [1.807, 2.05) is 124 Å². The minimum absolute atomic E-state index is 0.0206. The molecule has 0 spiro atoms. The van der Waals surface area contributed by atoms with E-state index in [1.165, 1.54) is 54.4 Å². The molecule has 3 aromatic rings. The second kappa shape index (κ2) is 27.0. The summed E-state index contributed by atoms with van der Waals surface area (Å²) in [5.41, 5.74) is 6.43. The van der Waals surface area contributed by atoms with Crippen molar-refractivity contribution in [1.29, 1.82) is 0 Å². The van der Waals surface area contributed by atoms with Crippen LogP contribution in [-0.4, -0.2) is 116 Å². The molecule has 3 aliphatic carbocycles. The Morgan fingerprint density at radius 1 is 0.432 bits per heavy atom. The number of hydrogen-bond acceptors (Lipinski definition) is 10. The van der Waals surface area contributed by atoms with Gasteiger partial charge in [0.25, 0.3) is 23.6 Å². The molecule has 4 fully saturated rings. The molecule has 420 valence electrons. The fraction of sp³-hybridized carbons (Fsp3) is 0.333. The van der Waals surface area contributed by atoms with E-state index in [4.69, 9.17) is 0 Å². The van der Waals surface area contributed by atoms with Gasteiger partial charge in [-0.05, 0) is 93.7 Å². The van der Waals surface area contributed by atoms with Gasteiger partial charge in [-0.25, -0.2) is 0 Å². The summed E-state index contributed by atoms with van der Waals surface area (Å²) in [4.78, 5) is 126. The molecule has 81 heavy (non-hydrogen) atoms. The lowest BCUT2D eigenvalue weighted by atomic mass is 9.57. The predicted molar refractivity (Wildman–Crippen MR) is 308 cm³/mol. The maximum absolute atomic E-state index is 13.2. The molecular weight excluding hydrogens is 1020 g/mol. The topological polar surface area (TPSA) is 187 Å². The van der Waals surface area contributed by atoms with E-state index in [-0.39, 0.29) is 94.6 Å². The Hall–Kier alpha value is -8.72. The Bertz CT molecular complexity index is 3050. The van der Waals surface area contributed by atoms with Gasteiger partial charge in [0.15, 0.2) is 0 Å². The second-order valence-electron chi connectivity index (χ2n) is 20.3. The van der Waals surface area contributed by atoms with Gasteiger partial charge in [-0.2, -0.15) is 0 Å². The van der Waals surface area contributed by atoms with Crippen LogP contribution in [-0.2, 0) is 47.9 Å². The molecule has 5 heterocycles. The third kappa shape index (κ3) is 12.2. The highest BCUT2D eigenvalue weighted by molar-refractivity contribution is 6.13. The number of likely N-dealkylation sites (tertiary alicyclic amines) is 3. The molecule has 0 aromatic heterocycles. The van der Waals surface area contributed by atoms with Crippen LogP contribution in [0.2, 0.25) is 0 Å². The predicted octanol–water partition coefficient (Wildman–Crippen LogP) is 8.57. The van der Waals surface area contributed by atoms with Crippen molar-refractivity contribution in [1.82, 2.24) is 24.5 Å². The van der Waals surface area contributed by atoms with Gasteiger partial charge in [0.2, 0.25) is 35.4 Å². The molecule has 3 aromatic carbocycles. The van der Waals surface area contributed by atoms with Crippen molar-refractivity contribution >= 4 is 65.1 Å². The molecule has 0 bridgehead atoms. The average molecular weight is 1090 g/mol. The largest absolute Gasteiger partial charge is 0.282 e. The van der Waals surface area contributed by atoms with Crippen molar-refractivity contribution in [2.45, 2.75) is 65.7 Å². The Morgan fingerprint density at radius 3 is 1.21 bits per heavy atom. The number of hydrogen-bond donors (Lipinski definition) is 0. The molecule has 15 heteroatoms. The minimum Gasteiger partial charge on any atom is -0.282 e. The molecule has 11 rings (SSSR count). The van der Waals surface area contributed by atoms with Gasteiger partial charge in [-0.15, -0.1) is 0 Å². The summed E-state index contributed by atoms with van der Waals surface area (Å²) in [6, 6.07) is 29.9. The third-order valence-corrected chi connectivity index (χ3v) is 16.3. The average Bonchev–Trinajstić information content (AvgIpc) is 4.30. The normalized spacial score (nSPS) is 25.6. The van der Waals surface area contributed by atoms with E-state index in [0.717, 1.165) is 27.8 Å². The maximum atomic E-state index is 13.2. The van der Waals surface area contributed by atoms with Crippen molar-refractivity contribution in [3.05, 3.63) is 199 Å². The molecule has 5 aliphatic heterocycles. The Morgan fingerprint density at radius 2 is 0.802 bits per heavy atom. The smallest absolute Gasteiger partial charge is 0.253 e. The number of allylic oxidation sites excluding steroid dienone is 8. The van der Waals surface area contributed by atoms with Crippen LogP contribution in [0.3, 0.4) is 0 Å². The van der Waals surface area contributed by atoms with Gasteiger partial charge in [0, 0.05) is 68.9 Å². The van der Waals surface area contributed by atoms with Crippen LogP contribution >= 0.6 is 0 Å². The third-order valence-electron chi connectivity index (χ3n) is 16.3. The lowest BCUT2D eigenvalue weighted by molar-refractivity contribution is -0.141. The first-order chi connectivity index (χ1) is 39.0. The molecule has 1 saturated carbocycles. The number of carbonyl (C=O) groups excluding carboxylic acids is 10. The number of amides is 10. The van der Waals surface area contributed by atoms with Gasteiger partial charge >= 0.3 is 0 Å². The first-order valence-electron chi connectivity index (χ1n) is 27.8. The van der Waals surface area contributed by atoms with Crippen LogP contribution in [0.5, 0.6) is 0 Å². The lowest BCUT2D eigenvalue weighted by Crippen LogP contribution is -2.43. The SMILES string of the molecule is C=CC(C=C)=Cc1ccccc1.C=CC1=CC[C@H]2C(=O)N(CC)C(=O)[C@H]2[C@H]1c1ccccc1.CCN1C(=O)C=CC1=O.CCN1C(=O)C=CC1=O.CCN1C(=O)[C@H]2[C@H](CC=C3[C@H]2C[C@H]2C(=O)N(CC)C(=O)[C@H]2[C@H]3c2ccccc2)C1=O. The van der Waals surface area contributed by atoms with Crippen molar-refractivity contribution in [2.75, 3.05) is 32.7 Å². The van der Waals surface area contributed by atoms with Crippen molar-refractivity contribution in [3.8, 4) is 0 Å². The first kappa shape index (κ1) is 59.9. The number of nitrogens with zero attached hydrogens (tertiary/aromatic N) is 5. The summed E-state index contributed by atoms with van der Waals surface area (Å²) in [5.74, 6) is -3.86. The number of fused-ring (bicyclic) bond motifs is 5. The molecule has 0 N–H and O–H groups in total.